The lowest BCUT2D eigenvalue weighted by Gasteiger charge is -2.03. The van der Waals surface area contributed by atoms with E-state index < -0.39 is 35.2 Å². The van der Waals surface area contributed by atoms with E-state index >= 15 is 0 Å². The maximum Gasteiger partial charge on any atom is 0.300 e. The maximum atomic E-state index is 12.6. The summed E-state index contributed by atoms with van der Waals surface area (Å²) in [6.07, 6.45) is -3.41. The van der Waals surface area contributed by atoms with Crippen molar-refractivity contribution in [2.75, 3.05) is 0 Å². The zero-order valence-electron chi connectivity index (χ0n) is 6.60. The number of rotatable bonds is 2. The van der Waals surface area contributed by atoms with Crippen LogP contribution in [0.5, 0.6) is 5.75 Å². The molecule has 0 spiro atoms. The van der Waals surface area contributed by atoms with E-state index in [0.29, 0.717) is 6.07 Å². The summed E-state index contributed by atoms with van der Waals surface area (Å²) in [6.45, 7) is 0. The topological polar surface area (TPSA) is 37.3 Å². The fourth-order valence-corrected chi connectivity index (χ4v) is 0.871. The number of carbonyl (C=O) groups is 1. The number of benzene rings is 1. The van der Waals surface area contributed by atoms with Crippen LogP contribution in [0.2, 0.25) is 0 Å². The van der Waals surface area contributed by atoms with Crippen LogP contribution in [0, 0.1) is 11.6 Å². The molecule has 0 fully saturated rings. The van der Waals surface area contributed by atoms with Crippen LogP contribution in [-0.2, 0) is 0 Å². The summed E-state index contributed by atoms with van der Waals surface area (Å²) < 4.78 is 48.8. The van der Waals surface area contributed by atoms with Crippen LogP contribution in [0.3, 0.4) is 0 Å². The van der Waals surface area contributed by atoms with Gasteiger partial charge < -0.3 is 5.11 Å². The van der Waals surface area contributed by atoms with Crippen molar-refractivity contribution in [2.24, 2.45) is 0 Å². The molecule has 0 aliphatic carbocycles. The minimum atomic E-state index is -3.41. The molecular weight excluding hydrogens is 204 g/mol. The molecule has 0 atom stereocenters. The fraction of sp³-hybridized carbons (Fsp3) is 0.125. The van der Waals surface area contributed by atoms with Crippen molar-refractivity contribution in [1.82, 2.24) is 0 Å². The summed E-state index contributed by atoms with van der Waals surface area (Å²) in [4.78, 5) is 10.6. The molecule has 0 aromatic heterocycles. The highest BCUT2D eigenvalue weighted by Crippen LogP contribution is 2.24. The molecule has 0 amide bonds. The Bertz CT molecular complexity index is 376. The number of alkyl halides is 2. The average molecular weight is 208 g/mol. The fourth-order valence-electron chi connectivity index (χ4n) is 0.871. The van der Waals surface area contributed by atoms with Gasteiger partial charge in [0.2, 0.25) is 5.78 Å². The molecule has 0 radical (unpaired) electrons. The van der Waals surface area contributed by atoms with Crippen LogP contribution >= 0.6 is 0 Å². The largest absolute Gasteiger partial charge is 0.504 e. The number of halogens is 4. The molecule has 0 saturated carbocycles. The Hall–Kier alpha value is -1.59. The lowest BCUT2D eigenvalue weighted by Crippen LogP contribution is -2.11. The van der Waals surface area contributed by atoms with Gasteiger partial charge in [-0.05, 0) is 6.07 Å². The summed E-state index contributed by atoms with van der Waals surface area (Å²) in [5, 5.41) is 8.85. The van der Waals surface area contributed by atoms with Gasteiger partial charge in [-0.1, -0.05) is 0 Å². The van der Waals surface area contributed by atoms with Crippen molar-refractivity contribution >= 4 is 5.78 Å². The first-order valence-corrected chi connectivity index (χ1v) is 3.44. The Morgan fingerprint density at radius 1 is 1.29 bits per heavy atom. The number of hydrogen-bond acceptors (Lipinski definition) is 2. The molecule has 0 saturated heterocycles. The zero-order chi connectivity index (χ0) is 10.9. The van der Waals surface area contributed by atoms with Gasteiger partial charge in [0.05, 0.1) is 5.56 Å². The van der Waals surface area contributed by atoms with Gasteiger partial charge in [-0.2, -0.15) is 0 Å². The van der Waals surface area contributed by atoms with Crippen molar-refractivity contribution in [3.05, 3.63) is 29.3 Å². The Morgan fingerprint density at radius 3 is 2.36 bits per heavy atom. The maximum absolute atomic E-state index is 12.6. The molecule has 76 valence electrons. The molecule has 0 heterocycles. The van der Waals surface area contributed by atoms with Crippen molar-refractivity contribution in [3.8, 4) is 5.75 Å². The summed E-state index contributed by atoms with van der Waals surface area (Å²) >= 11 is 0. The summed E-state index contributed by atoms with van der Waals surface area (Å²) in [7, 11) is 0. The summed E-state index contributed by atoms with van der Waals surface area (Å²) in [5.74, 6) is -5.74. The molecule has 0 aliphatic heterocycles. The number of hydrogen-bond donors (Lipinski definition) is 1. The molecule has 1 N–H and O–H groups in total. The third-order valence-corrected chi connectivity index (χ3v) is 1.49. The van der Waals surface area contributed by atoms with Crippen LogP contribution in [0.4, 0.5) is 17.6 Å². The second-order valence-corrected chi connectivity index (χ2v) is 2.45. The first-order chi connectivity index (χ1) is 6.43. The Kier molecular flexibility index (Phi) is 2.73. The number of phenols is 1. The SMILES string of the molecule is O=C(c1cc(F)cc(F)c1O)C(F)F. The number of ketones is 1. The van der Waals surface area contributed by atoms with Gasteiger partial charge in [-0.25, -0.2) is 17.6 Å². The van der Waals surface area contributed by atoms with Crippen LogP contribution in [-0.4, -0.2) is 17.3 Å². The predicted molar refractivity (Wildman–Crippen MR) is 38.4 cm³/mol. The lowest BCUT2D eigenvalue weighted by molar-refractivity contribution is 0.0674. The molecule has 14 heavy (non-hydrogen) atoms. The molecule has 6 heteroatoms. The van der Waals surface area contributed by atoms with Crippen LogP contribution in [0.1, 0.15) is 10.4 Å². The third-order valence-electron chi connectivity index (χ3n) is 1.49. The van der Waals surface area contributed by atoms with E-state index in [1.54, 1.807) is 0 Å². The van der Waals surface area contributed by atoms with Crippen molar-refractivity contribution in [3.63, 3.8) is 0 Å². The Morgan fingerprint density at radius 2 is 1.86 bits per heavy atom. The first-order valence-electron chi connectivity index (χ1n) is 3.44. The van der Waals surface area contributed by atoms with Crippen LogP contribution < -0.4 is 0 Å². The quantitative estimate of drug-likeness (QED) is 0.597. The molecule has 0 unspecified atom stereocenters. The predicted octanol–water partition coefficient (Wildman–Crippen LogP) is 2.12. The summed E-state index contributed by atoms with van der Waals surface area (Å²) in [5.41, 5.74) is -1.06. The molecule has 2 nitrogen and oxygen atoms in total. The van der Waals surface area contributed by atoms with E-state index in [0.717, 1.165) is 0 Å². The van der Waals surface area contributed by atoms with Gasteiger partial charge in [0, 0.05) is 6.07 Å². The highest BCUT2D eigenvalue weighted by molar-refractivity contribution is 6.00. The number of carbonyl (C=O) groups excluding carboxylic acids is 1. The molecule has 0 bridgehead atoms. The highest BCUT2D eigenvalue weighted by Gasteiger charge is 2.23. The third kappa shape index (κ3) is 1.84. The van der Waals surface area contributed by atoms with Gasteiger partial charge in [-0.3, -0.25) is 4.79 Å². The minimum absolute atomic E-state index is 0.289. The van der Waals surface area contributed by atoms with E-state index in [4.69, 9.17) is 5.11 Å². The van der Waals surface area contributed by atoms with Gasteiger partial charge in [0.25, 0.3) is 0 Å². The average Bonchev–Trinajstić information content (AvgIpc) is 2.09. The number of phenolic OH excluding ortho intramolecular Hbond substituents is 1. The molecule has 0 aliphatic rings. The molecule has 1 aromatic carbocycles. The van der Waals surface area contributed by atoms with Crippen LogP contribution in [0.25, 0.3) is 0 Å². The molecule has 1 aromatic rings. The number of aromatic hydroxyl groups is 1. The Labute approximate surface area is 75.8 Å². The second kappa shape index (κ2) is 3.65. The van der Waals surface area contributed by atoms with Crippen molar-refractivity contribution in [1.29, 1.82) is 0 Å². The van der Waals surface area contributed by atoms with Gasteiger partial charge in [-0.15, -0.1) is 0 Å². The summed E-state index contributed by atoms with van der Waals surface area (Å²) in [6, 6.07) is 0.643. The highest BCUT2D eigenvalue weighted by atomic mass is 19.3. The van der Waals surface area contributed by atoms with Gasteiger partial charge in [0.1, 0.15) is 5.82 Å². The van der Waals surface area contributed by atoms with Crippen molar-refractivity contribution in [2.45, 2.75) is 6.43 Å². The molecule has 1 rings (SSSR count). The van der Waals surface area contributed by atoms with Gasteiger partial charge in [0.15, 0.2) is 11.6 Å². The van der Waals surface area contributed by atoms with E-state index in [1.807, 2.05) is 0 Å². The van der Waals surface area contributed by atoms with E-state index in [-0.39, 0.29) is 6.07 Å². The van der Waals surface area contributed by atoms with Gasteiger partial charge >= 0.3 is 6.43 Å². The normalized spacial score (nSPS) is 10.6. The monoisotopic (exact) mass is 208 g/mol. The smallest absolute Gasteiger partial charge is 0.300 e. The lowest BCUT2D eigenvalue weighted by atomic mass is 10.1. The zero-order valence-corrected chi connectivity index (χ0v) is 6.60. The van der Waals surface area contributed by atoms with E-state index in [2.05, 4.69) is 0 Å². The van der Waals surface area contributed by atoms with E-state index in [9.17, 15) is 22.4 Å². The standard InChI is InChI=1S/C8H4F4O2/c9-3-1-4(7(14)8(11)12)6(13)5(10)2-3/h1-2,8,13H. The molecular formula is C8H4F4O2. The number of Topliss-reactive ketones (excluding diaryl/α,β-unsaturated/α-hetero) is 1. The Balaban J connectivity index is 3.27. The van der Waals surface area contributed by atoms with E-state index in [1.165, 1.54) is 0 Å². The van der Waals surface area contributed by atoms with Crippen molar-refractivity contribution < 1.29 is 27.5 Å². The second-order valence-electron chi connectivity index (χ2n) is 2.45. The van der Waals surface area contributed by atoms with Crippen LogP contribution in [0.15, 0.2) is 12.1 Å². The first kappa shape index (κ1) is 10.5. The minimum Gasteiger partial charge on any atom is -0.504 e.